The van der Waals surface area contributed by atoms with E-state index in [1.54, 1.807) is 19.9 Å². The van der Waals surface area contributed by atoms with Crippen molar-refractivity contribution in [3.8, 4) is 0 Å². The number of ketones is 1. The zero-order valence-corrected chi connectivity index (χ0v) is 34.9. The molecule has 17 heteroatoms. The highest BCUT2D eigenvalue weighted by Crippen LogP contribution is 2.57. The van der Waals surface area contributed by atoms with Crippen molar-refractivity contribution in [3.05, 3.63) is 48.0 Å². The van der Waals surface area contributed by atoms with E-state index in [0.29, 0.717) is 0 Å². The lowest BCUT2D eigenvalue weighted by Gasteiger charge is -2.53. The number of esters is 8. The van der Waals surface area contributed by atoms with E-state index in [2.05, 4.69) is 0 Å². The number of hydrogen-bond donors (Lipinski definition) is 0. The molecule has 0 bridgehead atoms. The fourth-order valence-electron chi connectivity index (χ4n) is 8.55. The van der Waals surface area contributed by atoms with Gasteiger partial charge in [0.15, 0.2) is 53.1 Å². The third-order valence-corrected chi connectivity index (χ3v) is 10.8. The van der Waals surface area contributed by atoms with E-state index in [0.717, 1.165) is 34.6 Å². The second-order valence-corrected chi connectivity index (χ2v) is 15.9. The van der Waals surface area contributed by atoms with Crippen molar-refractivity contribution in [2.75, 3.05) is 0 Å². The predicted octanol–water partition coefficient (Wildman–Crippen LogP) is 3.85. The van der Waals surface area contributed by atoms with Crippen LogP contribution in [0.15, 0.2) is 42.5 Å². The van der Waals surface area contributed by atoms with Gasteiger partial charge in [0.25, 0.3) is 0 Å². The molecule has 0 radical (unpaired) electrons. The summed E-state index contributed by atoms with van der Waals surface area (Å²) in [5, 5.41) is 0. The Morgan fingerprint density at radius 2 is 1.31 bits per heavy atom. The Balaban J connectivity index is 2.33. The van der Waals surface area contributed by atoms with Crippen molar-refractivity contribution in [2.45, 2.75) is 142 Å². The molecule has 59 heavy (non-hydrogen) atoms. The van der Waals surface area contributed by atoms with E-state index in [9.17, 15) is 38.4 Å². The van der Waals surface area contributed by atoms with Crippen LogP contribution in [0.25, 0.3) is 0 Å². The number of allylic oxidation sites excluding steroid dienone is 1. The number of benzene rings is 1. The minimum Gasteiger partial charge on any atom is -0.458 e. The van der Waals surface area contributed by atoms with Gasteiger partial charge in [0, 0.05) is 71.6 Å². The maximum absolute atomic E-state index is 15.3. The number of fused-ring (bicyclic) bond motifs is 3. The van der Waals surface area contributed by atoms with Crippen LogP contribution in [-0.4, -0.2) is 101 Å². The molecule has 3 aliphatic rings. The lowest BCUT2D eigenvalue weighted by Crippen LogP contribution is -2.72. The second kappa shape index (κ2) is 17.7. The summed E-state index contributed by atoms with van der Waals surface area (Å²) in [6.45, 7) is 12.6. The van der Waals surface area contributed by atoms with Gasteiger partial charge >= 0.3 is 47.8 Å². The smallest absolute Gasteiger partial charge is 0.338 e. The largest absolute Gasteiger partial charge is 0.458 e. The number of rotatable bonds is 9. The Morgan fingerprint density at radius 1 is 0.729 bits per heavy atom. The molecule has 2 fully saturated rings. The molecule has 1 aromatic rings. The first-order valence-electron chi connectivity index (χ1n) is 19.2. The Morgan fingerprint density at radius 3 is 1.85 bits per heavy atom. The van der Waals surface area contributed by atoms with Gasteiger partial charge in [-0.3, -0.25) is 38.4 Å². The van der Waals surface area contributed by atoms with Crippen LogP contribution in [0.4, 0.5) is 0 Å². The second-order valence-electron chi connectivity index (χ2n) is 15.9. The molecule has 0 aromatic heterocycles. The van der Waals surface area contributed by atoms with Gasteiger partial charge in [-0.05, 0) is 19.1 Å². The molecule has 1 aliphatic heterocycles. The fourth-order valence-corrected chi connectivity index (χ4v) is 8.55. The van der Waals surface area contributed by atoms with Crippen molar-refractivity contribution < 1.29 is 81.0 Å². The van der Waals surface area contributed by atoms with Gasteiger partial charge in [0.2, 0.25) is 0 Å². The lowest BCUT2D eigenvalue weighted by molar-refractivity contribution is -0.265. The molecule has 4 rings (SSSR count). The zero-order valence-electron chi connectivity index (χ0n) is 34.9. The van der Waals surface area contributed by atoms with E-state index in [4.69, 9.17) is 37.9 Å². The van der Waals surface area contributed by atoms with Crippen LogP contribution in [0, 0.1) is 17.3 Å². The van der Waals surface area contributed by atoms with Gasteiger partial charge in [-0.2, -0.15) is 0 Å². The molecule has 0 amide bonds. The maximum atomic E-state index is 15.3. The highest BCUT2D eigenvalue weighted by molar-refractivity contribution is 5.94. The first-order valence-corrected chi connectivity index (χ1v) is 19.2. The van der Waals surface area contributed by atoms with Gasteiger partial charge in [-0.1, -0.05) is 58.0 Å². The summed E-state index contributed by atoms with van der Waals surface area (Å²) in [4.78, 5) is 123. The molecule has 1 saturated carbocycles. The molecule has 1 heterocycles. The van der Waals surface area contributed by atoms with E-state index in [-0.39, 0.29) is 12.0 Å². The monoisotopic (exact) mass is 828 g/mol. The van der Waals surface area contributed by atoms with Crippen LogP contribution in [0.1, 0.15) is 105 Å². The normalized spacial score (nSPS) is 33.1. The summed E-state index contributed by atoms with van der Waals surface area (Å²) < 4.78 is 48.4. The Hall–Kier alpha value is -5.61. The van der Waals surface area contributed by atoms with Crippen molar-refractivity contribution >= 4 is 53.5 Å². The summed E-state index contributed by atoms with van der Waals surface area (Å²) >= 11 is 0. The van der Waals surface area contributed by atoms with Crippen LogP contribution in [0.2, 0.25) is 0 Å². The SMILES string of the molecule is CCC(=O)O[C@@H]1[C@@H](OC(C)=O)[C@@H](OC(C)=O)C(C)(C)/C=C\[C@H](C)C(=O)[C@@]2(OC(C)=O)C[C@@](C)(OC(C)=O)[C@H](OC(C)=O)[C@@H]2[C@H]2OC(=O)CC[C@@]12OC(=O)c1ccccc1. The molecule has 10 atom stereocenters. The number of Topliss-reactive ketones (excluding diaryl/α,β-unsaturated/α-hetero) is 1. The maximum Gasteiger partial charge on any atom is 0.338 e. The average molecular weight is 829 g/mol. The van der Waals surface area contributed by atoms with Crippen LogP contribution in [0.3, 0.4) is 0 Å². The van der Waals surface area contributed by atoms with Crippen LogP contribution in [0.5, 0.6) is 0 Å². The number of carbonyl (C=O) groups excluding carboxylic acids is 9. The molecule has 17 nitrogen and oxygen atoms in total. The minimum atomic E-state index is -2.58. The van der Waals surface area contributed by atoms with E-state index in [1.807, 2.05) is 0 Å². The average Bonchev–Trinajstić information content (AvgIpc) is 3.36. The summed E-state index contributed by atoms with van der Waals surface area (Å²) in [5.41, 5.74) is -8.61. The zero-order chi connectivity index (χ0) is 44.2. The van der Waals surface area contributed by atoms with Gasteiger partial charge in [0.1, 0.15) is 0 Å². The molecule has 2 aliphatic carbocycles. The summed E-state index contributed by atoms with van der Waals surface area (Å²) in [5.74, 6) is -11.7. The van der Waals surface area contributed by atoms with Crippen LogP contribution >= 0.6 is 0 Å². The van der Waals surface area contributed by atoms with Crippen molar-refractivity contribution in [1.29, 1.82) is 0 Å². The fraction of sp³-hybridized carbons (Fsp3) is 0.595. The molecule has 0 spiro atoms. The highest BCUT2D eigenvalue weighted by Gasteiger charge is 2.76. The summed E-state index contributed by atoms with van der Waals surface area (Å²) in [6, 6.07) is 7.47. The molecule has 0 N–H and O–H groups in total. The Labute approximate surface area is 341 Å². The highest BCUT2D eigenvalue weighted by atomic mass is 16.7. The van der Waals surface area contributed by atoms with Gasteiger partial charge in [-0.25, -0.2) is 4.79 Å². The number of ether oxygens (including phenoxy) is 8. The van der Waals surface area contributed by atoms with Crippen molar-refractivity contribution in [2.24, 2.45) is 17.3 Å². The van der Waals surface area contributed by atoms with Gasteiger partial charge < -0.3 is 37.9 Å². The van der Waals surface area contributed by atoms with E-state index < -0.39 is 137 Å². The quantitative estimate of drug-likeness (QED) is 0.196. The molecule has 1 aromatic carbocycles. The lowest BCUT2D eigenvalue weighted by atomic mass is 9.66. The first-order chi connectivity index (χ1) is 27.4. The van der Waals surface area contributed by atoms with Crippen LogP contribution < -0.4 is 0 Å². The molecule has 322 valence electrons. The predicted molar refractivity (Wildman–Crippen MR) is 200 cm³/mol. The van der Waals surface area contributed by atoms with Crippen molar-refractivity contribution in [1.82, 2.24) is 0 Å². The summed E-state index contributed by atoms with van der Waals surface area (Å²) in [6.07, 6.45) is -8.71. The minimum absolute atomic E-state index is 0.0586. The molecular weight excluding hydrogens is 776 g/mol. The van der Waals surface area contributed by atoms with E-state index in [1.165, 1.54) is 57.2 Å². The molecule has 1 saturated heterocycles. The first kappa shape index (κ1) is 46.1. The summed E-state index contributed by atoms with van der Waals surface area (Å²) in [7, 11) is 0. The Kier molecular flexibility index (Phi) is 13.8. The van der Waals surface area contributed by atoms with E-state index >= 15 is 4.79 Å². The Bertz CT molecular complexity index is 1880. The van der Waals surface area contributed by atoms with Gasteiger partial charge in [0.05, 0.1) is 11.5 Å². The third kappa shape index (κ3) is 9.65. The number of carbonyl (C=O) groups is 9. The number of hydrogen-bond acceptors (Lipinski definition) is 17. The topological polar surface area (TPSA) is 227 Å². The standard InChI is InChI=1S/C42H52O17/c1-11-29(48)55-37-32(52-23(3)43)36(54-25(5)45)39(8,9)19-17-22(2)33(50)42(58-27(7)47)21-40(10,57-26(6)46)34(53-24(4)44)31(42)35-41(37,20-18-30(49)56-35)59-38(51)28-15-13-12-14-16-28/h12-17,19,22,31-32,34-37H,11,18,20-21H2,1-10H3/b19-17-/t22-,31+,32-,34+,35+,36+,37+,40+,41-,42+/m0/s1. The third-order valence-electron chi connectivity index (χ3n) is 10.8. The van der Waals surface area contributed by atoms with Gasteiger partial charge in [-0.15, -0.1) is 0 Å². The molecule has 0 unspecified atom stereocenters. The van der Waals surface area contributed by atoms with Crippen LogP contribution in [-0.2, 0) is 76.3 Å². The van der Waals surface area contributed by atoms with Crippen molar-refractivity contribution in [3.63, 3.8) is 0 Å². The molecular formula is C42H52O17.